The highest BCUT2D eigenvalue weighted by Gasteiger charge is 2.66. The van der Waals surface area contributed by atoms with Gasteiger partial charge in [-0.3, -0.25) is 0 Å². The predicted molar refractivity (Wildman–Crippen MR) is 40.7 cm³/mol. The van der Waals surface area contributed by atoms with Gasteiger partial charge in [0.2, 0.25) is 6.43 Å². The first-order valence-electron chi connectivity index (χ1n) is 4.42. The van der Waals surface area contributed by atoms with E-state index in [1.54, 1.807) is 0 Å². The van der Waals surface area contributed by atoms with E-state index >= 15 is 0 Å². The molecule has 0 bridgehead atoms. The molecule has 0 heterocycles. The van der Waals surface area contributed by atoms with Crippen LogP contribution in [-0.2, 0) is 0 Å². The minimum absolute atomic E-state index is 0.436. The average Bonchev–Trinajstić information content (AvgIpc) is 1.95. The van der Waals surface area contributed by atoms with E-state index in [9.17, 15) is 43.9 Å². The quantitative estimate of drug-likeness (QED) is 0.628. The first-order valence-corrected chi connectivity index (χ1v) is 4.42. The van der Waals surface area contributed by atoms with Crippen LogP contribution < -0.4 is 0 Å². The van der Waals surface area contributed by atoms with Crippen molar-refractivity contribution in [2.24, 2.45) is 0 Å². The second kappa shape index (κ2) is 4.76. The van der Waals surface area contributed by atoms with Crippen LogP contribution in [0.15, 0.2) is 0 Å². The lowest BCUT2D eigenvalue weighted by atomic mass is 9.98. The van der Waals surface area contributed by atoms with E-state index in [1.165, 1.54) is 0 Å². The van der Waals surface area contributed by atoms with Crippen molar-refractivity contribution >= 4 is 0 Å². The topological polar surface area (TPSA) is 0 Å². The van der Waals surface area contributed by atoms with Crippen molar-refractivity contribution in [3.63, 3.8) is 0 Å². The van der Waals surface area contributed by atoms with E-state index in [0.29, 0.717) is 0 Å². The van der Waals surface area contributed by atoms with Gasteiger partial charge in [0.1, 0.15) is 0 Å². The van der Waals surface area contributed by atoms with Crippen LogP contribution in [0.4, 0.5) is 43.9 Å². The summed E-state index contributed by atoms with van der Waals surface area (Å²) in [6, 6.07) is 0. The Labute approximate surface area is 94.9 Å². The largest absolute Gasteiger partial charge is 0.316 e. The van der Waals surface area contributed by atoms with Crippen LogP contribution in [0.1, 0.15) is 19.8 Å². The van der Waals surface area contributed by atoms with Crippen molar-refractivity contribution in [3.8, 4) is 0 Å². The molecule has 18 heavy (non-hydrogen) atoms. The van der Waals surface area contributed by atoms with Crippen LogP contribution >= 0.6 is 0 Å². The molecule has 0 spiro atoms. The highest BCUT2D eigenvalue weighted by atomic mass is 19.3. The molecule has 0 radical (unpaired) electrons. The van der Waals surface area contributed by atoms with Gasteiger partial charge in [0, 0.05) is 6.92 Å². The maximum atomic E-state index is 12.7. The van der Waals surface area contributed by atoms with Gasteiger partial charge in [-0.2, -0.15) is 26.3 Å². The molecule has 0 aliphatic rings. The third-order valence-corrected chi connectivity index (χ3v) is 2.03. The van der Waals surface area contributed by atoms with Gasteiger partial charge >= 0.3 is 23.7 Å². The van der Waals surface area contributed by atoms with Gasteiger partial charge in [0.05, 0.1) is 12.8 Å². The van der Waals surface area contributed by atoms with Gasteiger partial charge < -0.3 is 0 Å². The van der Waals surface area contributed by atoms with Crippen molar-refractivity contribution in [1.82, 2.24) is 0 Å². The van der Waals surface area contributed by atoms with Crippen LogP contribution in [0.3, 0.4) is 0 Å². The van der Waals surface area contributed by atoms with E-state index in [4.69, 9.17) is 0 Å². The molecule has 0 N–H and O–H groups in total. The Morgan fingerprint density at radius 3 is 1.39 bits per heavy atom. The van der Waals surface area contributed by atoms with Crippen molar-refractivity contribution in [3.05, 3.63) is 0 Å². The number of hydrogen-bond acceptors (Lipinski definition) is 0. The Morgan fingerprint density at radius 1 is 0.722 bits per heavy atom. The minimum atomic E-state index is -5.67. The second-order valence-electron chi connectivity index (χ2n) is 3.77. The third kappa shape index (κ3) is 3.91. The van der Waals surface area contributed by atoms with Gasteiger partial charge in [-0.1, -0.05) is 0 Å². The van der Waals surface area contributed by atoms with Crippen LogP contribution in [-0.4, -0.2) is 30.1 Å². The standard InChI is InChI=1S/C8H8F10/c1-5(11,12)7(15,16)3-8(17,18)6(13,14)2-4(9)10/h4H,2-3H2,1H3. The maximum Gasteiger partial charge on any atom is 0.316 e. The summed E-state index contributed by atoms with van der Waals surface area (Å²) < 4.78 is 123. The molecular weight excluding hydrogens is 286 g/mol. The van der Waals surface area contributed by atoms with E-state index in [1.807, 2.05) is 0 Å². The highest BCUT2D eigenvalue weighted by molar-refractivity contribution is 4.93. The Bertz CT molecular complexity index is 276. The fraction of sp³-hybridized carbons (Fsp3) is 1.00. The third-order valence-electron chi connectivity index (χ3n) is 2.03. The van der Waals surface area contributed by atoms with Gasteiger partial charge in [0.15, 0.2) is 0 Å². The fourth-order valence-electron chi connectivity index (χ4n) is 0.906. The van der Waals surface area contributed by atoms with Crippen molar-refractivity contribution in [1.29, 1.82) is 0 Å². The van der Waals surface area contributed by atoms with Gasteiger partial charge in [0.25, 0.3) is 0 Å². The lowest BCUT2D eigenvalue weighted by Crippen LogP contribution is -2.50. The maximum absolute atomic E-state index is 12.7. The minimum Gasteiger partial charge on any atom is -0.210 e. The summed E-state index contributed by atoms with van der Waals surface area (Å²) in [5.74, 6) is -21.6. The number of rotatable bonds is 6. The summed E-state index contributed by atoms with van der Waals surface area (Å²) in [5.41, 5.74) is 0. The van der Waals surface area contributed by atoms with Crippen LogP contribution in [0, 0.1) is 0 Å². The number of halogens is 10. The monoisotopic (exact) mass is 294 g/mol. The molecule has 0 rings (SSSR count). The molecule has 0 aromatic rings. The molecule has 0 aromatic carbocycles. The van der Waals surface area contributed by atoms with Crippen molar-refractivity contribution < 1.29 is 43.9 Å². The summed E-state index contributed by atoms with van der Waals surface area (Å²) in [5, 5.41) is 0. The Kier molecular flexibility index (Phi) is 4.58. The summed E-state index contributed by atoms with van der Waals surface area (Å²) in [7, 11) is 0. The molecule has 10 heteroatoms. The van der Waals surface area contributed by atoms with Crippen molar-refractivity contribution in [2.45, 2.75) is 49.9 Å². The Hall–Kier alpha value is -0.700. The lowest BCUT2D eigenvalue weighted by molar-refractivity contribution is -0.283. The van der Waals surface area contributed by atoms with E-state index < -0.39 is 49.9 Å². The molecule has 0 aliphatic carbocycles. The molecule has 0 amide bonds. The van der Waals surface area contributed by atoms with Crippen molar-refractivity contribution in [2.75, 3.05) is 0 Å². The zero-order valence-corrected chi connectivity index (χ0v) is 8.77. The van der Waals surface area contributed by atoms with Crippen LogP contribution in [0.5, 0.6) is 0 Å². The van der Waals surface area contributed by atoms with Gasteiger partial charge in [-0.25, -0.2) is 17.6 Å². The fourth-order valence-corrected chi connectivity index (χ4v) is 0.906. The molecule has 0 atom stereocenters. The van der Waals surface area contributed by atoms with Gasteiger partial charge in [-0.15, -0.1) is 0 Å². The molecular formula is C8H8F10. The van der Waals surface area contributed by atoms with E-state index in [2.05, 4.69) is 0 Å². The lowest BCUT2D eigenvalue weighted by Gasteiger charge is -2.31. The zero-order chi connectivity index (χ0) is 15.0. The molecule has 0 unspecified atom stereocenters. The normalized spacial score (nSPS) is 15.3. The average molecular weight is 294 g/mol. The summed E-state index contributed by atoms with van der Waals surface area (Å²) in [6.07, 6.45) is -9.80. The summed E-state index contributed by atoms with van der Waals surface area (Å²) in [6.45, 7) is -0.436. The molecule has 0 saturated carbocycles. The summed E-state index contributed by atoms with van der Waals surface area (Å²) >= 11 is 0. The van der Waals surface area contributed by atoms with Crippen LogP contribution in [0.25, 0.3) is 0 Å². The van der Waals surface area contributed by atoms with E-state index in [0.717, 1.165) is 0 Å². The molecule has 0 aromatic heterocycles. The first-order chi connectivity index (χ1) is 7.62. The van der Waals surface area contributed by atoms with E-state index in [-0.39, 0.29) is 0 Å². The molecule has 110 valence electrons. The molecule has 0 nitrogen and oxygen atoms in total. The smallest absolute Gasteiger partial charge is 0.210 e. The molecule has 0 saturated heterocycles. The Balaban J connectivity index is 5.06. The Morgan fingerprint density at radius 2 is 1.11 bits per heavy atom. The summed E-state index contributed by atoms with van der Waals surface area (Å²) in [4.78, 5) is 0. The first kappa shape index (κ1) is 17.3. The number of hydrogen-bond donors (Lipinski definition) is 0. The molecule has 0 fully saturated rings. The highest BCUT2D eigenvalue weighted by Crippen LogP contribution is 2.48. The second-order valence-corrected chi connectivity index (χ2v) is 3.77. The predicted octanol–water partition coefficient (Wildman–Crippen LogP) is 4.59. The van der Waals surface area contributed by atoms with Gasteiger partial charge in [-0.05, 0) is 0 Å². The van der Waals surface area contributed by atoms with Crippen LogP contribution in [0.2, 0.25) is 0 Å². The number of alkyl halides is 10. The SMILES string of the molecule is CC(F)(F)C(F)(F)CC(F)(F)C(F)(F)CC(F)F. The molecule has 0 aliphatic heterocycles. The zero-order valence-electron chi connectivity index (χ0n) is 8.77.